The highest BCUT2D eigenvalue weighted by atomic mass is 32.2. The van der Waals surface area contributed by atoms with E-state index in [1.54, 1.807) is 19.2 Å². The molecule has 0 fully saturated rings. The first-order valence-corrected chi connectivity index (χ1v) is 8.30. The van der Waals surface area contributed by atoms with Crippen LogP contribution in [0.1, 0.15) is 44.6 Å². The number of benzene rings is 1. The van der Waals surface area contributed by atoms with Crippen LogP contribution in [-0.2, 0) is 10.0 Å². The van der Waals surface area contributed by atoms with Gasteiger partial charge < -0.3 is 0 Å². The molecule has 1 heterocycles. The molecule has 4 heteroatoms. The monoisotopic (exact) mass is 279 g/mol. The molecule has 0 spiro atoms. The molecule has 0 saturated carbocycles. The molecule has 3 nitrogen and oxygen atoms in total. The van der Waals surface area contributed by atoms with E-state index < -0.39 is 10.0 Å². The molecule has 1 aromatic rings. The van der Waals surface area contributed by atoms with Gasteiger partial charge in [-0.05, 0) is 30.5 Å². The summed E-state index contributed by atoms with van der Waals surface area (Å²) >= 11 is 0. The molecule has 0 amide bonds. The zero-order chi connectivity index (χ0) is 13.9. The van der Waals surface area contributed by atoms with Gasteiger partial charge in [-0.25, -0.2) is 8.42 Å². The van der Waals surface area contributed by atoms with E-state index in [1.807, 2.05) is 18.2 Å². The summed E-state index contributed by atoms with van der Waals surface area (Å²) in [4.78, 5) is 0.412. The number of hydrogen-bond acceptors (Lipinski definition) is 2. The van der Waals surface area contributed by atoms with Gasteiger partial charge in [-0.2, -0.15) is 0 Å². The van der Waals surface area contributed by atoms with Crippen LogP contribution in [0.15, 0.2) is 34.9 Å². The van der Waals surface area contributed by atoms with Crippen molar-refractivity contribution in [3.05, 3.63) is 35.5 Å². The van der Waals surface area contributed by atoms with Gasteiger partial charge >= 0.3 is 0 Å². The molecule has 2 rings (SSSR count). The molecule has 0 radical (unpaired) electrons. The van der Waals surface area contributed by atoms with Crippen molar-refractivity contribution >= 4 is 16.1 Å². The first-order chi connectivity index (χ1) is 9.07. The third kappa shape index (κ3) is 2.84. The van der Waals surface area contributed by atoms with Crippen LogP contribution in [-0.4, -0.2) is 19.8 Å². The van der Waals surface area contributed by atoms with E-state index in [-0.39, 0.29) is 0 Å². The van der Waals surface area contributed by atoms with Gasteiger partial charge in [-0.1, -0.05) is 44.4 Å². The minimum absolute atomic E-state index is 0.412. The molecule has 104 valence electrons. The summed E-state index contributed by atoms with van der Waals surface area (Å²) in [6, 6.07) is 7.19. The van der Waals surface area contributed by atoms with Gasteiger partial charge in [-0.15, -0.1) is 0 Å². The Morgan fingerprint density at radius 3 is 2.58 bits per heavy atom. The number of rotatable bonds is 5. The lowest BCUT2D eigenvalue weighted by Gasteiger charge is -2.27. The summed E-state index contributed by atoms with van der Waals surface area (Å²) in [6.45, 7) is 2.17. The van der Waals surface area contributed by atoms with Crippen molar-refractivity contribution in [1.82, 2.24) is 4.31 Å². The van der Waals surface area contributed by atoms with E-state index >= 15 is 0 Å². The maximum absolute atomic E-state index is 12.4. The SMILES string of the molecule is CCCCCCC1=Cc2ccccc2S(=O)(=O)N1C. The molecule has 19 heavy (non-hydrogen) atoms. The van der Waals surface area contributed by atoms with Crippen molar-refractivity contribution in [2.45, 2.75) is 43.9 Å². The van der Waals surface area contributed by atoms with Crippen LogP contribution in [0, 0.1) is 0 Å². The normalized spacial score (nSPS) is 16.9. The first kappa shape index (κ1) is 14.1. The van der Waals surface area contributed by atoms with Gasteiger partial charge in [0.2, 0.25) is 0 Å². The zero-order valence-electron chi connectivity index (χ0n) is 11.6. The lowest BCUT2D eigenvalue weighted by Crippen LogP contribution is -2.29. The minimum atomic E-state index is -3.35. The Labute approximate surface area is 116 Å². The molecule has 1 aliphatic heterocycles. The van der Waals surface area contributed by atoms with Gasteiger partial charge in [-0.3, -0.25) is 4.31 Å². The van der Waals surface area contributed by atoms with E-state index in [2.05, 4.69) is 6.92 Å². The summed E-state index contributed by atoms with van der Waals surface area (Å²) in [7, 11) is -1.70. The number of sulfonamides is 1. The number of hydrogen-bond donors (Lipinski definition) is 0. The Kier molecular flexibility index (Phi) is 4.30. The van der Waals surface area contributed by atoms with Crippen molar-refractivity contribution in [2.24, 2.45) is 0 Å². The average Bonchev–Trinajstić information content (AvgIpc) is 2.40. The molecular formula is C15H21NO2S. The largest absolute Gasteiger partial charge is 0.273 e. The Balaban J connectivity index is 2.24. The summed E-state index contributed by atoms with van der Waals surface area (Å²) < 4.78 is 26.2. The fourth-order valence-electron chi connectivity index (χ4n) is 2.37. The highest BCUT2D eigenvalue weighted by molar-refractivity contribution is 7.89. The number of fused-ring (bicyclic) bond motifs is 1. The summed E-state index contributed by atoms with van der Waals surface area (Å²) in [5.41, 5.74) is 1.71. The maximum atomic E-state index is 12.4. The van der Waals surface area contributed by atoms with Crippen LogP contribution in [0.2, 0.25) is 0 Å². The maximum Gasteiger partial charge on any atom is 0.264 e. The highest BCUT2D eigenvalue weighted by Crippen LogP contribution is 2.31. The van der Waals surface area contributed by atoms with E-state index in [9.17, 15) is 8.42 Å². The second-order valence-corrected chi connectivity index (χ2v) is 6.89. The molecule has 0 unspecified atom stereocenters. The number of allylic oxidation sites excluding steroid dienone is 1. The minimum Gasteiger partial charge on any atom is -0.273 e. The molecule has 0 bridgehead atoms. The Morgan fingerprint density at radius 2 is 1.84 bits per heavy atom. The number of nitrogens with zero attached hydrogens (tertiary/aromatic N) is 1. The lowest BCUT2D eigenvalue weighted by atomic mass is 10.1. The molecule has 1 aromatic carbocycles. The van der Waals surface area contributed by atoms with Crippen LogP contribution >= 0.6 is 0 Å². The van der Waals surface area contributed by atoms with E-state index in [0.717, 1.165) is 30.5 Å². The molecule has 0 aliphatic carbocycles. The predicted molar refractivity (Wildman–Crippen MR) is 78.1 cm³/mol. The average molecular weight is 279 g/mol. The second-order valence-electron chi connectivity index (χ2n) is 4.96. The standard InChI is InChI=1S/C15H21NO2S/c1-3-4-5-6-10-14-12-13-9-7-8-11-15(13)19(17,18)16(14)2/h7-9,11-12H,3-6,10H2,1-2H3. The fraction of sp³-hybridized carbons (Fsp3) is 0.467. The molecule has 0 N–H and O–H groups in total. The Hall–Kier alpha value is -1.29. The summed E-state index contributed by atoms with van der Waals surface area (Å²) in [5, 5.41) is 0. The molecule has 1 aliphatic rings. The topological polar surface area (TPSA) is 37.4 Å². The summed E-state index contributed by atoms with van der Waals surface area (Å²) in [6.07, 6.45) is 7.42. The number of unbranched alkanes of at least 4 members (excludes halogenated alkanes) is 3. The van der Waals surface area contributed by atoms with Crippen LogP contribution < -0.4 is 0 Å². The zero-order valence-corrected chi connectivity index (χ0v) is 12.4. The van der Waals surface area contributed by atoms with Gasteiger partial charge in [0.1, 0.15) is 0 Å². The van der Waals surface area contributed by atoms with Crippen LogP contribution in [0.5, 0.6) is 0 Å². The Bertz CT molecular complexity index is 576. The first-order valence-electron chi connectivity index (χ1n) is 6.86. The van der Waals surface area contributed by atoms with E-state index in [0.29, 0.717) is 4.90 Å². The smallest absolute Gasteiger partial charge is 0.264 e. The van der Waals surface area contributed by atoms with Crippen molar-refractivity contribution < 1.29 is 8.42 Å². The third-order valence-electron chi connectivity index (χ3n) is 3.57. The van der Waals surface area contributed by atoms with Crippen LogP contribution in [0.3, 0.4) is 0 Å². The second kappa shape index (κ2) is 5.78. The van der Waals surface area contributed by atoms with E-state index in [4.69, 9.17) is 0 Å². The fourth-order valence-corrected chi connectivity index (χ4v) is 3.79. The van der Waals surface area contributed by atoms with Crippen molar-refractivity contribution in [2.75, 3.05) is 7.05 Å². The lowest BCUT2D eigenvalue weighted by molar-refractivity contribution is 0.503. The van der Waals surface area contributed by atoms with Gasteiger partial charge in [0.05, 0.1) is 4.90 Å². The van der Waals surface area contributed by atoms with E-state index in [1.165, 1.54) is 17.1 Å². The van der Waals surface area contributed by atoms with Gasteiger partial charge in [0.15, 0.2) is 0 Å². The van der Waals surface area contributed by atoms with Gasteiger partial charge in [0, 0.05) is 12.7 Å². The van der Waals surface area contributed by atoms with Gasteiger partial charge in [0.25, 0.3) is 10.0 Å². The quantitative estimate of drug-likeness (QED) is 0.772. The van der Waals surface area contributed by atoms with Crippen LogP contribution in [0.4, 0.5) is 0 Å². The molecule has 0 atom stereocenters. The highest BCUT2D eigenvalue weighted by Gasteiger charge is 2.28. The third-order valence-corrected chi connectivity index (χ3v) is 5.45. The Morgan fingerprint density at radius 1 is 1.11 bits per heavy atom. The molecule has 0 saturated heterocycles. The predicted octanol–water partition coefficient (Wildman–Crippen LogP) is 3.63. The summed E-state index contributed by atoms with van der Waals surface area (Å²) in [5.74, 6) is 0. The molecule has 0 aromatic heterocycles. The van der Waals surface area contributed by atoms with Crippen LogP contribution in [0.25, 0.3) is 6.08 Å². The van der Waals surface area contributed by atoms with Crippen molar-refractivity contribution in [1.29, 1.82) is 0 Å². The van der Waals surface area contributed by atoms with Crippen molar-refractivity contribution in [3.8, 4) is 0 Å². The van der Waals surface area contributed by atoms with Crippen molar-refractivity contribution in [3.63, 3.8) is 0 Å². The molecular weight excluding hydrogens is 258 g/mol.